The summed E-state index contributed by atoms with van der Waals surface area (Å²) in [5, 5.41) is 9.71. The van der Waals surface area contributed by atoms with Gasteiger partial charge in [-0.05, 0) is 79.6 Å². The van der Waals surface area contributed by atoms with Crippen LogP contribution in [0.5, 0.6) is 5.75 Å². The highest BCUT2D eigenvalue weighted by Gasteiger charge is 2.31. The van der Waals surface area contributed by atoms with Crippen LogP contribution in [-0.4, -0.2) is 37.8 Å². The van der Waals surface area contributed by atoms with Gasteiger partial charge in [0.2, 0.25) is 0 Å². The standard InChI is InChI=1S/C35H35F3N6O2S/c1-21(2)31-22(3)7-5-10-30(31)44-23(4)19-47-34(44)41-33(45)40-29-9-6-8-28(29)24-11-13-25(14-12-24)32-39-20-43(42-32)26-15-17-27(18-16-26)46-35(36,37)38/h5,7,10-21,28-29H,6,8-9H2,1-4H3,(H,40,45). The van der Waals surface area contributed by atoms with Crippen LogP contribution >= 0.6 is 11.3 Å². The first-order valence-electron chi connectivity index (χ1n) is 15.5. The fraction of sp³-hybridized carbons (Fsp3) is 0.314. The highest BCUT2D eigenvalue weighted by Crippen LogP contribution is 2.35. The average molecular weight is 661 g/mol. The first kappa shape index (κ1) is 32.2. The van der Waals surface area contributed by atoms with E-state index in [4.69, 9.17) is 0 Å². The van der Waals surface area contributed by atoms with Gasteiger partial charge in [-0.15, -0.1) is 29.6 Å². The normalized spacial score (nSPS) is 17.0. The molecule has 0 saturated heterocycles. The van der Waals surface area contributed by atoms with Gasteiger partial charge in [0.1, 0.15) is 12.1 Å². The number of alkyl halides is 3. The van der Waals surface area contributed by atoms with Gasteiger partial charge in [0.25, 0.3) is 0 Å². The van der Waals surface area contributed by atoms with Gasteiger partial charge in [-0.25, -0.2) is 14.5 Å². The van der Waals surface area contributed by atoms with Gasteiger partial charge in [-0.2, -0.15) is 4.99 Å². The maximum Gasteiger partial charge on any atom is 0.573 e. The van der Waals surface area contributed by atoms with E-state index < -0.39 is 6.36 Å². The first-order chi connectivity index (χ1) is 22.5. The third-order valence-electron chi connectivity index (χ3n) is 8.44. The molecule has 1 saturated carbocycles. The number of urea groups is 1. The van der Waals surface area contributed by atoms with E-state index >= 15 is 0 Å². The molecular formula is C35H35F3N6O2S. The molecule has 2 aromatic heterocycles. The minimum Gasteiger partial charge on any atom is -0.406 e. The molecule has 0 radical (unpaired) electrons. The number of benzene rings is 3. The molecule has 1 aliphatic rings. The second-order valence-corrected chi connectivity index (χ2v) is 12.9. The molecule has 2 unspecified atom stereocenters. The fourth-order valence-corrected chi connectivity index (χ4v) is 7.25. The third kappa shape index (κ3) is 7.17. The molecule has 0 aliphatic heterocycles. The Morgan fingerprint density at radius 3 is 2.49 bits per heavy atom. The molecule has 2 amide bonds. The minimum absolute atomic E-state index is 0.0431. The van der Waals surface area contributed by atoms with Crippen molar-refractivity contribution < 1.29 is 22.7 Å². The predicted molar refractivity (Wildman–Crippen MR) is 175 cm³/mol. The maximum absolute atomic E-state index is 13.3. The van der Waals surface area contributed by atoms with Crippen molar-refractivity contribution in [3.8, 4) is 28.5 Å². The monoisotopic (exact) mass is 660 g/mol. The Kier molecular flexibility index (Phi) is 9.05. The number of nitrogens with zero attached hydrogens (tertiary/aromatic N) is 5. The van der Waals surface area contributed by atoms with E-state index in [0.717, 1.165) is 41.8 Å². The van der Waals surface area contributed by atoms with Crippen LogP contribution in [0.4, 0.5) is 18.0 Å². The number of aryl methyl sites for hydroxylation is 2. The second-order valence-electron chi connectivity index (χ2n) is 12.0. The molecule has 12 heteroatoms. The third-order valence-corrected chi connectivity index (χ3v) is 9.39. The quantitative estimate of drug-likeness (QED) is 0.190. The summed E-state index contributed by atoms with van der Waals surface area (Å²) < 4.78 is 44.9. The van der Waals surface area contributed by atoms with Crippen LogP contribution in [0.1, 0.15) is 67.3 Å². The summed E-state index contributed by atoms with van der Waals surface area (Å²) in [6.45, 7) is 8.50. The number of hydrogen-bond acceptors (Lipinski definition) is 5. The Hall–Kier alpha value is -4.71. The summed E-state index contributed by atoms with van der Waals surface area (Å²) in [5.74, 6) is 0.642. The molecule has 47 heavy (non-hydrogen) atoms. The van der Waals surface area contributed by atoms with Gasteiger partial charge >= 0.3 is 12.4 Å². The van der Waals surface area contributed by atoms with Crippen molar-refractivity contribution in [1.82, 2.24) is 24.6 Å². The van der Waals surface area contributed by atoms with Crippen LogP contribution in [0.2, 0.25) is 0 Å². The zero-order valence-corrected chi connectivity index (χ0v) is 27.3. The molecule has 0 bridgehead atoms. The lowest BCUT2D eigenvalue weighted by Gasteiger charge is -2.20. The van der Waals surface area contributed by atoms with Crippen molar-refractivity contribution in [1.29, 1.82) is 0 Å². The average Bonchev–Trinajstić information content (AvgIpc) is 3.77. The Morgan fingerprint density at radius 2 is 1.79 bits per heavy atom. The van der Waals surface area contributed by atoms with Gasteiger partial charge in [0.15, 0.2) is 10.6 Å². The summed E-state index contributed by atoms with van der Waals surface area (Å²) >= 11 is 1.46. The summed E-state index contributed by atoms with van der Waals surface area (Å²) in [7, 11) is 0. The molecule has 244 valence electrons. The summed E-state index contributed by atoms with van der Waals surface area (Å²) in [5.41, 5.74) is 6.99. The van der Waals surface area contributed by atoms with Gasteiger partial charge < -0.3 is 10.1 Å². The molecule has 8 nitrogen and oxygen atoms in total. The number of amides is 2. The van der Waals surface area contributed by atoms with Crippen LogP contribution in [0.25, 0.3) is 22.8 Å². The molecule has 1 fully saturated rings. The van der Waals surface area contributed by atoms with E-state index in [0.29, 0.717) is 22.2 Å². The van der Waals surface area contributed by atoms with Crippen molar-refractivity contribution in [3.05, 3.63) is 106 Å². The number of carbonyl (C=O) groups excluding carboxylic acids is 1. The number of hydrogen-bond donors (Lipinski definition) is 1. The highest BCUT2D eigenvalue weighted by atomic mass is 32.1. The largest absolute Gasteiger partial charge is 0.573 e. The van der Waals surface area contributed by atoms with E-state index in [-0.39, 0.29) is 23.7 Å². The Bertz CT molecular complexity index is 1940. The smallest absolute Gasteiger partial charge is 0.406 e. The van der Waals surface area contributed by atoms with Crippen LogP contribution in [-0.2, 0) is 0 Å². The number of carbonyl (C=O) groups is 1. The lowest BCUT2D eigenvalue weighted by molar-refractivity contribution is -0.274. The topological polar surface area (TPSA) is 86.3 Å². The Labute approximate surface area is 274 Å². The van der Waals surface area contributed by atoms with Crippen LogP contribution in [0.3, 0.4) is 0 Å². The molecule has 5 aromatic rings. The molecule has 3 aromatic carbocycles. The number of halogens is 3. The van der Waals surface area contributed by atoms with E-state index in [1.54, 1.807) is 0 Å². The minimum atomic E-state index is -4.75. The number of nitrogens with one attached hydrogen (secondary N) is 1. The molecule has 0 spiro atoms. The van der Waals surface area contributed by atoms with Crippen molar-refractivity contribution in [3.63, 3.8) is 0 Å². The van der Waals surface area contributed by atoms with Crippen molar-refractivity contribution in [2.24, 2.45) is 4.99 Å². The zero-order chi connectivity index (χ0) is 33.3. The van der Waals surface area contributed by atoms with Crippen molar-refractivity contribution >= 4 is 17.4 Å². The van der Waals surface area contributed by atoms with Crippen LogP contribution in [0, 0.1) is 13.8 Å². The van der Waals surface area contributed by atoms with Gasteiger partial charge in [-0.1, -0.05) is 56.7 Å². The molecule has 2 heterocycles. The van der Waals surface area contributed by atoms with Gasteiger partial charge in [0, 0.05) is 28.6 Å². The Morgan fingerprint density at radius 1 is 1.04 bits per heavy atom. The summed E-state index contributed by atoms with van der Waals surface area (Å²) in [6, 6.07) is 19.2. The van der Waals surface area contributed by atoms with Crippen molar-refractivity contribution in [2.75, 3.05) is 0 Å². The summed E-state index contributed by atoms with van der Waals surface area (Å²) in [6.07, 6.45) is -0.429. The van der Waals surface area contributed by atoms with Gasteiger partial charge in [0.05, 0.1) is 11.4 Å². The zero-order valence-electron chi connectivity index (χ0n) is 26.5. The molecule has 1 aliphatic carbocycles. The van der Waals surface area contributed by atoms with E-state index in [1.807, 2.05) is 42.6 Å². The van der Waals surface area contributed by atoms with Crippen molar-refractivity contribution in [2.45, 2.75) is 71.2 Å². The molecule has 6 rings (SSSR count). The predicted octanol–water partition coefficient (Wildman–Crippen LogP) is 8.37. The van der Waals surface area contributed by atoms with Gasteiger partial charge in [-0.3, -0.25) is 4.57 Å². The van der Waals surface area contributed by atoms with E-state index in [2.05, 4.69) is 62.6 Å². The van der Waals surface area contributed by atoms with Crippen LogP contribution in [0.15, 0.2) is 83.4 Å². The second kappa shape index (κ2) is 13.2. The highest BCUT2D eigenvalue weighted by molar-refractivity contribution is 7.07. The number of thiazole rings is 1. The lowest BCUT2D eigenvalue weighted by atomic mass is 9.93. The number of ether oxygens (including phenoxy) is 1. The van der Waals surface area contributed by atoms with E-state index in [9.17, 15) is 18.0 Å². The molecule has 2 atom stereocenters. The first-order valence-corrected chi connectivity index (χ1v) is 16.4. The van der Waals surface area contributed by atoms with E-state index in [1.165, 1.54) is 57.7 Å². The fourth-order valence-electron chi connectivity index (χ4n) is 6.38. The molecule has 1 N–H and O–H groups in total. The number of aromatic nitrogens is 4. The number of rotatable bonds is 7. The van der Waals surface area contributed by atoms with Crippen LogP contribution < -0.4 is 14.9 Å². The maximum atomic E-state index is 13.3. The SMILES string of the molecule is Cc1cccc(-n2c(C)csc2=NC(=O)NC2CCCC2c2ccc(-c3ncn(-c4ccc(OC(F)(F)F)cc4)n3)cc2)c1C(C)C. The lowest BCUT2D eigenvalue weighted by Crippen LogP contribution is -2.36. The Balaban J connectivity index is 1.16. The molecular weight excluding hydrogens is 625 g/mol. The summed E-state index contributed by atoms with van der Waals surface area (Å²) in [4.78, 5) is 22.9.